The van der Waals surface area contributed by atoms with Crippen LogP contribution in [0, 0.1) is 29.4 Å². The molecule has 0 amide bonds. The maximum Gasteiger partial charge on any atom is 0.269 e. The third-order valence-electron chi connectivity index (χ3n) is 6.39. The summed E-state index contributed by atoms with van der Waals surface area (Å²) in [6.45, 7) is 5.95. The standard InChI is InChI=1S/C28H31N5O4/c1-3-17-37-20-25(34)19-31-13-15-32(16-14-31)28-26(18-22-9-11-24(12-10-22)33(35)36)21(2)29-27(30-28)23-7-5-4-6-8-23/h1,4-12,25,34H,13-20H2,2H3. The number of piperazine rings is 1. The van der Waals surface area contributed by atoms with E-state index >= 15 is 0 Å². The van der Waals surface area contributed by atoms with Crippen LogP contribution in [-0.2, 0) is 11.2 Å². The Kier molecular flexibility index (Phi) is 8.80. The lowest BCUT2D eigenvalue weighted by atomic mass is 10.0. The van der Waals surface area contributed by atoms with E-state index in [0.29, 0.717) is 18.8 Å². The van der Waals surface area contributed by atoms with E-state index in [2.05, 4.69) is 15.7 Å². The van der Waals surface area contributed by atoms with Gasteiger partial charge in [-0.05, 0) is 12.5 Å². The van der Waals surface area contributed by atoms with Gasteiger partial charge in [-0.3, -0.25) is 15.0 Å². The number of hydrogen-bond acceptors (Lipinski definition) is 8. The smallest absolute Gasteiger partial charge is 0.269 e. The van der Waals surface area contributed by atoms with Crippen LogP contribution in [0.3, 0.4) is 0 Å². The normalized spacial score (nSPS) is 14.8. The minimum absolute atomic E-state index is 0.0689. The van der Waals surface area contributed by atoms with Crippen molar-refractivity contribution >= 4 is 11.5 Å². The maximum atomic E-state index is 11.1. The van der Waals surface area contributed by atoms with Gasteiger partial charge in [0.1, 0.15) is 12.4 Å². The maximum absolute atomic E-state index is 11.1. The molecule has 1 aliphatic heterocycles. The van der Waals surface area contributed by atoms with Gasteiger partial charge in [0, 0.05) is 68.1 Å². The van der Waals surface area contributed by atoms with Gasteiger partial charge in [-0.25, -0.2) is 9.97 Å². The molecule has 0 radical (unpaired) electrons. The highest BCUT2D eigenvalue weighted by Gasteiger charge is 2.24. The molecule has 2 heterocycles. The lowest BCUT2D eigenvalue weighted by Crippen LogP contribution is -2.49. The van der Waals surface area contributed by atoms with Gasteiger partial charge >= 0.3 is 0 Å². The summed E-state index contributed by atoms with van der Waals surface area (Å²) >= 11 is 0. The van der Waals surface area contributed by atoms with Crippen molar-refractivity contribution in [1.29, 1.82) is 0 Å². The van der Waals surface area contributed by atoms with Crippen molar-refractivity contribution in [2.45, 2.75) is 19.4 Å². The number of rotatable bonds is 10. The molecule has 192 valence electrons. The predicted octanol–water partition coefficient (Wildman–Crippen LogP) is 3.08. The molecule has 1 aromatic heterocycles. The number of nitrogens with zero attached hydrogens (tertiary/aromatic N) is 5. The second-order valence-corrected chi connectivity index (χ2v) is 9.06. The molecule has 0 saturated carbocycles. The second kappa shape index (κ2) is 12.4. The number of terminal acetylenes is 1. The van der Waals surface area contributed by atoms with Crippen LogP contribution in [0.25, 0.3) is 11.4 Å². The fourth-order valence-electron chi connectivity index (χ4n) is 4.45. The summed E-state index contributed by atoms with van der Waals surface area (Å²) in [6.07, 6.45) is 5.17. The Balaban J connectivity index is 1.55. The van der Waals surface area contributed by atoms with Gasteiger partial charge in [-0.15, -0.1) is 6.42 Å². The van der Waals surface area contributed by atoms with Crippen molar-refractivity contribution < 1.29 is 14.8 Å². The molecule has 2 aromatic carbocycles. The first-order valence-electron chi connectivity index (χ1n) is 12.3. The monoisotopic (exact) mass is 501 g/mol. The van der Waals surface area contributed by atoms with Gasteiger partial charge in [0.2, 0.25) is 0 Å². The zero-order valence-corrected chi connectivity index (χ0v) is 20.9. The highest BCUT2D eigenvalue weighted by Crippen LogP contribution is 2.29. The molecule has 0 aliphatic carbocycles. The molecule has 9 nitrogen and oxygen atoms in total. The van der Waals surface area contributed by atoms with Crippen LogP contribution in [0.4, 0.5) is 11.5 Å². The van der Waals surface area contributed by atoms with E-state index in [1.165, 1.54) is 12.1 Å². The van der Waals surface area contributed by atoms with Crippen LogP contribution in [0.5, 0.6) is 0 Å². The molecule has 1 fully saturated rings. The van der Waals surface area contributed by atoms with E-state index in [9.17, 15) is 15.2 Å². The summed E-state index contributed by atoms with van der Waals surface area (Å²) in [5.41, 5.74) is 3.86. The zero-order chi connectivity index (χ0) is 26.2. The van der Waals surface area contributed by atoms with Gasteiger partial charge in [-0.1, -0.05) is 48.4 Å². The van der Waals surface area contributed by atoms with Crippen molar-refractivity contribution in [2.24, 2.45) is 0 Å². The highest BCUT2D eigenvalue weighted by molar-refractivity contribution is 5.61. The highest BCUT2D eigenvalue weighted by atomic mass is 16.6. The zero-order valence-electron chi connectivity index (χ0n) is 20.9. The fourth-order valence-corrected chi connectivity index (χ4v) is 4.45. The van der Waals surface area contributed by atoms with E-state index in [0.717, 1.165) is 54.4 Å². The number of ether oxygens (including phenoxy) is 1. The Hall–Kier alpha value is -3.84. The molecule has 1 atom stereocenters. The molecule has 0 bridgehead atoms. The first-order valence-corrected chi connectivity index (χ1v) is 12.3. The number of aliphatic hydroxyl groups is 1. The number of nitro benzene ring substituents is 1. The number of anilines is 1. The van der Waals surface area contributed by atoms with E-state index in [4.69, 9.17) is 21.1 Å². The van der Waals surface area contributed by atoms with Gasteiger partial charge in [0.15, 0.2) is 5.82 Å². The number of benzene rings is 2. The summed E-state index contributed by atoms with van der Waals surface area (Å²) in [6, 6.07) is 16.5. The summed E-state index contributed by atoms with van der Waals surface area (Å²) in [5, 5.41) is 21.3. The Morgan fingerprint density at radius 1 is 1.11 bits per heavy atom. The predicted molar refractivity (Wildman–Crippen MR) is 142 cm³/mol. The van der Waals surface area contributed by atoms with Gasteiger partial charge in [-0.2, -0.15) is 0 Å². The first-order chi connectivity index (χ1) is 17.9. The van der Waals surface area contributed by atoms with Crippen LogP contribution < -0.4 is 4.90 Å². The van der Waals surface area contributed by atoms with Crippen LogP contribution in [0.1, 0.15) is 16.8 Å². The molecule has 3 aromatic rings. The Labute approximate surface area is 216 Å². The molecule has 0 spiro atoms. The van der Waals surface area contributed by atoms with Crippen molar-refractivity contribution in [3.05, 3.63) is 81.5 Å². The topological polar surface area (TPSA) is 105 Å². The van der Waals surface area contributed by atoms with Gasteiger partial charge in [0.05, 0.1) is 17.6 Å². The average molecular weight is 502 g/mol. The second-order valence-electron chi connectivity index (χ2n) is 9.06. The Morgan fingerprint density at radius 2 is 1.81 bits per heavy atom. The van der Waals surface area contributed by atoms with E-state index in [1.54, 1.807) is 12.1 Å². The molecule has 4 rings (SSSR count). The number of aromatic nitrogens is 2. The fraction of sp³-hybridized carbons (Fsp3) is 0.357. The minimum Gasteiger partial charge on any atom is -0.389 e. The van der Waals surface area contributed by atoms with Gasteiger partial charge < -0.3 is 14.7 Å². The number of hydrogen-bond donors (Lipinski definition) is 1. The third kappa shape index (κ3) is 6.89. The molecule has 1 aliphatic rings. The molecule has 1 unspecified atom stereocenters. The van der Waals surface area contributed by atoms with Gasteiger partial charge in [0.25, 0.3) is 5.69 Å². The summed E-state index contributed by atoms with van der Waals surface area (Å²) in [7, 11) is 0. The van der Waals surface area contributed by atoms with E-state index in [1.807, 2.05) is 37.3 Å². The molecule has 37 heavy (non-hydrogen) atoms. The van der Waals surface area contributed by atoms with Crippen molar-refractivity contribution in [1.82, 2.24) is 14.9 Å². The van der Waals surface area contributed by atoms with Crippen molar-refractivity contribution in [2.75, 3.05) is 50.8 Å². The van der Waals surface area contributed by atoms with E-state index in [-0.39, 0.29) is 18.9 Å². The Morgan fingerprint density at radius 3 is 2.46 bits per heavy atom. The number of nitro groups is 1. The minimum atomic E-state index is -0.594. The quantitative estimate of drug-likeness (QED) is 0.196. The number of β-amino-alcohol motifs (C(OH)–C–C–N with tert-alkyl or cyclic N) is 1. The van der Waals surface area contributed by atoms with E-state index < -0.39 is 11.0 Å². The van der Waals surface area contributed by atoms with Crippen molar-refractivity contribution in [3.8, 4) is 23.7 Å². The summed E-state index contributed by atoms with van der Waals surface area (Å²) < 4.78 is 5.26. The summed E-state index contributed by atoms with van der Waals surface area (Å²) in [4.78, 5) is 25.0. The molecule has 9 heteroatoms. The van der Waals surface area contributed by atoms with Crippen LogP contribution >= 0.6 is 0 Å². The lowest BCUT2D eigenvalue weighted by molar-refractivity contribution is -0.384. The molecular weight excluding hydrogens is 470 g/mol. The van der Waals surface area contributed by atoms with Crippen LogP contribution in [0.2, 0.25) is 0 Å². The molecular formula is C28H31N5O4. The van der Waals surface area contributed by atoms with Crippen LogP contribution in [0.15, 0.2) is 54.6 Å². The third-order valence-corrected chi connectivity index (χ3v) is 6.39. The Bertz CT molecular complexity index is 1240. The number of aryl methyl sites for hydroxylation is 1. The van der Waals surface area contributed by atoms with Crippen molar-refractivity contribution in [3.63, 3.8) is 0 Å². The first kappa shape index (κ1) is 26.2. The molecule has 1 saturated heterocycles. The SMILES string of the molecule is C#CCOCC(O)CN1CCN(c2nc(-c3ccccc3)nc(C)c2Cc2ccc([N+](=O)[O-])cc2)CC1. The average Bonchev–Trinajstić information content (AvgIpc) is 2.91. The molecule has 1 N–H and O–H groups in total. The number of non-ortho nitro benzene ring substituents is 1. The largest absolute Gasteiger partial charge is 0.389 e. The number of aliphatic hydroxyl groups excluding tert-OH is 1. The van der Waals surface area contributed by atoms with Crippen LogP contribution in [-0.4, -0.2) is 76.9 Å². The summed E-state index contributed by atoms with van der Waals surface area (Å²) in [5.74, 6) is 3.95. The lowest BCUT2D eigenvalue weighted by Gasteiger charge is -2.37.